The second kappa shape index (κ2) is 10.9. The van der Waals surface area contributed by atoms with Gasteiger partial charge in [-0.3, -0.25) is 9.78 Å². The van der Waals surface area contributed by atoms with Crippen molar-refractivity contribution in [3.63, 3.8) is 0 Å². The number of nitrogens with zero attached hydrogens (tertiary/aromatic N) is 3. The van der Waals surface area contributed by atoms with Crippen molar-refractivity contribution in [3.8, 4) is 5.69 Å². The summed E-state index contributed by atoms with van der Waals surface area (Å²) in [5, 5.41) is 6.67. The predicted octanol–water partition coefficient (Wildman–Crippen LogP) is 6.20. The number of carbonyl (C=O) groups excluding carboxylic acids is 1. The average molecular weight is 550 g/mol. The highest BCUT2D eigenvalue weighted by molar-refractivity contribution is 7.80. The maximum Gasteiger partial charge on any atom is 0.416 e. The molecule has 0 spiro atoms. The first-order valence-corrected chi connectivity index (χ1v) is 12.8. The fourth-order valence-corrected chi connectivity index (χ4v) is 5.08. The van der Waals surface area contributed by atoms with Gasteiger partial charge in [0.15, 0.2) is 5.11 Å². The quantitative estimate of drug-likeness (QED) is 0.269. The summed E-state index contributed by atoms with van der Waals surface area (Å²) >= 11 is 5.69. The highest BCUT2D eigenvalue weighted by Gasteiger charge is 2.41. The Kier molecular flexibility index (Phi) is 7.38. The number of nitrogens with one attached hydrogen (secondary N) is 2. The molecule has 1 aliphatic heterocycles. The minimum absolute atomic E-state index is 0.158. The molecule has 39 heavy (non-hydrogen) atoms. The molecule has 5 rings (SSSR count). The Labute approximate surface area is 229 Å². The molecule has 2 aromatic heterocycles. The summed E-state index contributed by atoms with van der Waals surface area (Å²) in [4.78, 5) is 19.2. The van der Waals surface area contributed by atoms with E-state index in [1.807, 2.05) is 60.4 Å². The van der Waals surface area contributed by atoms with Gasteiger partial charge in [0.25, 0.3) is 0 Å². The van der Waals surface area contributed by atoms with Gasteiger partial charge in [-0.05, 0) is 73.7 Å². The Morgan fingerprint density at radius 1 is 1.05 bits per heavy atom. The van der Waals surface area contributed by atoms with E-state index in [2.05, 4.69) is 15.6 Å². The smallest absolute Gasteiger partial charge is 0.352 e. The number of aryl methyl sites for hydroxylation is 1. The highest BCUT2D eigenvalue weighted by Crippen LogP contribution is 2.40. The third-order valence-electron chi connectivity index (χ3n) is 6.65. The Hall–Kier alpha value is -4.18. The van der Waals surface area contributed by atoms with E-state index in [1.54, 1.807) is 29.1 Å². The SMILES string of the molecule is Cc1ccc(NC(=O)CCN2C(=S)NC(c3ccccn3)C2c2cccn2-c2cccc(C(F)(F)F)c2)cc1. The number of anilines is 1. The van der Waals surface area contributed by atoms with E-state index in [4.69, 9.17) is 12.2 Å². The molecule has 4 aromatic rings. The van der Waals surface area contributed by atoms with E-state index >= 15 is 0 Å². The summed E-state index contributed by atoms with van der Waals surface area (Å²) < 4.78 is 42.1. The molecular formula is C29H26F3N5OS. The van der Waals surface area contributed by atoms with Crippen LogP contribution in [0.3, 0.4) is 0 Å². The molecule has 1 saturated heterocycles. The van der Waals surface area contributed by atoms with Crippen LogP contribution in [-0.4, -0.2) is 32.0 Å². The number of thiocarbonyl (C=S) groups is 1. The Balaban J connectivity index is 1.46. The zero-order chi connectivity index (χ0) is 27.6. The maximum atomic E-state index is 13.5. The van der Waals surface area contributed by atoms with E-state index in [-0.39, 0.29) is 18.4 Å². The number of hydrogen-bond acceptors (Lipinski definition) is 3. The van der Waals surface area contributed by atoms with Gasteiger partial charge in [0.05, 0.1) is 23.3 Å². The second-order valence-corrected chi connectivity index (χ2v) is 9.72. The van der Waals surface area contributed by atoms with Gasteiger partial charge in [-0.25, -0.2) is 0 Å². The van der Waals surface area contributed by atoms with E-state index in [9.17, 15) is 18.0 Å². The summed E-state index contributed by atoms with van der Waals surface area (Å²) in [5.74, 6) is -0.171. The molecule has 6 nitrogen and oxygen atoms in total. The third kappa shape index (κ3) is 5.80. The van der Waals surface area contributed by atoms with Gasteiger partial charge in [-0.2, -0.15) is 13.2 Å². The maximum absolute atomic E-state index is 13.5. The molecule has 3 heterocycles. The van der Waals surface area contributed by atoms with Gasteiger partial charge in [0, 0.05) is 42.4 Å². The first-order chi connectivity index (χ1) is 18.7. The largest absolute Gasteiger partial charge is 0.416 e. The van der Waals surface area contributed by atoms with Gasteiger partial charge < -0.3 is 20.1 Å². The van der Waals surface area contributed by atoms with Crippen LogP contribution in [0.25, 0.3) is 5.69 Å². The van der Waals surface area contributed by atoms with E-state index < -0.39 is 17.8 Å². The normalized spacial score (nSPS) is 17.2. The van der Waals surface area contributed by atoms with Crippen LogP contribution in [0.15, 0.2) is 91.3 Å². The molecule has 2 N–H and O–H groups in total. The van der Waals surface area contributed by atoms with Gasteiger partial charge in [0.1, 0.15) is 0 Å². The molecule has 2 atom stereocenters. The lowest BCUT2D eigenvalue weighted by atomic mass is 10.0. The average Bonchev–Trinajstić information content (AvgIpc) is 3.53. The molecular weight excluding hydrogens is 523 g/mol. The standard InChI is InChI=1S/C29H26F3N5OS/c1-19-10-12-21(13-11-19)34-25(38)14-17-37-27(26(35-28(37)39)23-8-2-3-15-33-23)24-9-5-16-36(24)22-7-4-6-20(18-22)29(30,31)32/h2-13,15-16,18,26-27H,14,17H2,1H3,(H,34,38)(H,35,39). The molecule has 2 unspecified atom stereocenters. The summed E-state index contributed by atoms with van der Waals surface area (Å²) in [6.45, 7) is 2.27. The first kappa shape index (κ1) is 26.4. The number of halogens is 3. The summed E-state index contributed by atoms with van der Waals surface area (Å²) in [6, 6.07) is 21.1. The van der Waals surface area contributed by atoms with Crippen LogP contribution in [0.2, 0.25) is 0 Å². The Bertz CT molecular complexity index is 1470. The Morgan fingerprint density at radius 2 is 1.85 bits per heavy atom. The zero-order valence-corrected chi connectivity index (χ0v) is 21.8. The molecule has 2 aromatic carbocycles. The summed E-state index contributed by atoms with van der Waals surface area (Å²) in [7, 11) is 0. The Morgan fingerprint density at radius 3 is 2.56 bits per heavy atom. The first-order valence-electron chi connectivity index (χ1n) is 12.4. The minimum atomic E-state index is -4.47. The van der Waals surface area contributed by atoms with Crippen molar-refractivity contribution in [2.75, 3.05) is 11.9 Å². The number of amides is 1. The lowest BCUT2D eigenvalue weighted by Gasteiger charge is -2.29. The van der Waals surface area contributed by atoms with Crippen molar-refractivity contribution in [3.05, 3.63) is 114 Å². The predicted molar refractivity (Wildman–Crippen MR) is 147 cm³/mol. The number of benzene rings is 2. The van der Waals surface area contributed by atoms with Crippen LogP contribution in [0.5, 0.6) is 0 Å². The second-order valence-electron chi connectivity index (χ2n) is 9.34. The monoisotopic (exact) mass is 549 g/mol. The van der Waals surface area contributed by atoms with Gasteiger partial charge in [-0.1, -0.05) is 29.8 Å². The summed E-state index contributed by atoms with van der Waals surface area (Å²) in [5.41, 5.74) is 2.89. The van der Waals surface area contributed by atoms with Gasteiger partial charge in [0.2, 0.25) is 5.91 Å². The van der Waals surface area contributed by atoms with Crippen LogP contribution in [0, 0.1) is 6.92 Å². The molecule has 0 bridgehead atoms. The highest BCUT2D eigenvalue weighted by atomic mass is 32.1. The molecule has 1 fully saturated rings. The van der Waals surface area contributed by atoms with Gasteiger partial charge >= 0.3 is 6.18 Å². The van der Waals surface area contributed by atoms with Crippen LogP contribution >= 0.6 is 12.2 Å². The van der Waals surface area contributed by atoms with Crippen LogP contribution in [-0.2, 0) is 11.0 Å². The molecule has 1 amide bonds. The topological polar surface area (TPSA) is 62.2 Å². The van der Waals surface area contributed by atoms with Crippen molar-refractivity contribution in [1.29, 1.82) is 0 Å². The zero-order valence-electron chi connectivity index (χ0n) is 21.0. The number of aromatic nitrogens is 2. The lowest BCUT2D eigenvalue weighted by molar-refractivity contribution is -0.137. The van der Waals surface area contributed by atoms with Crippen LogP contribution in [0.4, 0.5) is 18.9 Å². The summed E-state index contributed by atoms with van der Waals surface area (Å²) in [6.07, 6.45) is -0.900. The van der Waals surface area contributed by atoms with Crippen molar-refractivity contribution >= 4 is 28.9 Å². The van der Waals surface area contributed by atoms with Crippen molar-refractivity contribution in [1.82, 2.24) is 19.8 Å². The van der Waals surface area contributed by atoms with E-state index in [0.29, 0.717) is 23.0 Å². The van der Waals surface area contributed by atoms with Crippen molar-refractivity contribution < 1.29 is 18.0 Å². The third-order valence-corrected chi connectivity index (χ3v) is 7.00. The van der Waals surface area contributed by atoms with Gasteiger partial charge in [-0.15, -0.1) is 0 Å². The fourth-order valence-electron chi connectivity index (χ4n) is 4.75. The van der Waals surface area contributed by atoms with Crippen LogP contribution in [0.1, 0.15) is 41.0 Å². The number of carbonyl (C=O) groups is 1. The fraction of sp³-hybridized carbons (Fsp3) is 0.207. The molecule has 0 radical (unpaired) electrons. The number of hydrogen-bond donors (Lipinski definition) is 2. The minimum Gasteiger partial charge on any atom is -0.352 e. The van der Waals surface area contributed by atoms with E-state index in [1.165, 1.54) is 6.07 Å². The number of pyridine rings is 1. The number of alkyl halides is 3. The van der Waals surface area contributed by atoms with Crippen molar-refractivity contribution in [2.45, 2.75) is 31.6 Å². The van der Waals surface area contributed by atoms with Crippen molar-refractivity contribution in [2.24, 2.45) is 0 Å². The molecule has 10 heteroatoms. The lowest BCUT2D eigenvalue weighted by Crippen LogP contribution is -2.33. The number of rotatable bonds is 7. The molecule has 0 aliphatic carbocycles. The van der Waals surface area contributed by atoms with Crippen LogP contribution < -0.4 is 10.6 Å². The molecule has 0 saturated carbocycles. The molecule has 1 aliphatic rings. The van der Waals surface area contributed by atoms with E-state index in [0.717, 1.165) is 29.1 Å². The molecule has 200 valence electrons.